The van der Waals surface area contributed by atoms with Crippen LogP contribution in [0.2, 0.25) is 0 Å². The maximum atomic E-state index is 10.7. The summed E-state index contributed by atoms with van der Waals surface area (Å²) in [5.74, 6) is -0.843. The number of anilines is 1. The van der Waals surface area contributed by atoms with E-state index in [0.717, 1.165) is 0 Å². The highest BCUT2D eigenvalue weighted by Crippen LogP contribution is 2.32. The van der Waals surface area contributed by atoms with Crippen molar-refractivity contribution < 1.29 is 20.1 Å². The summed E-state index contributed by atoms with van der Waals surface area (Å²) in [5.41, 5.74) is 1.89. The number of aliphatic hydroxyl groups excluding tert-OH is 1. The lowest BCUT2D eigenvalue weighted by atomic mass is 10.0. The number of hydrogen-bond acceptors (Lipinski definition) is 5. The molecule has 0 aliphatic rings. The van der Waals surface area contributed by atoms with Gasteiger partial charge in [0, 0.05) is 16.9 Å². The van der Waals surface area contributed by atoms with Gasteiger partial charge in [0.15, 0.2) is 0 Å². The Balaban J connectivity index is 0.00000277. The number of allylic oxidation sites excluding steroid dienone is 3. The standard InChI is InChI=1S/C17H19NO4S.C2H6/c1-4-13(19)9-12(3)23-18-16-7-6-14(20)10-15(16)11(2)5-8-17(21)22;1-2/h4,6-7,9-10,18-20H,1-3,5,8H2,(H,21,22);1-2H3/b13-9+;. The van der Waals surface area contributed by atoms with Gasteiger partial charge in [-0.15, -0.1) is 0 Å². The van der Waals surface area contributed by atoms with Gasteiger partial charge in [0.1, 0.15) is 11.5 Å². The summed E-state index contributed by atoms with van der Waals surface area (Å²) in [5, 5.41) is 27.8. The summed E-state index contributed by atoms with van der Waals surface area (Å²) < 4.78 is 3.05. The molecule has 0 saturated heterocycles. The molecule has 5 nitrogen and oxygen atoms in total. The van der Waals surface area contributed by atoms with Crippen molar-refractivity contribution in [2.75, 3.05) is 4.72 Å². The molecule has 1 aromatic rings. The first kappa shape index (κ1) is 22.4. The predicted octanol–water partition coefficient (Wildman–Crippen LogP) is 5.50. The number of nitrogens with one attached hydrogen (secondary N) is 1. The van der Waals surface area contributed by atoms with Crippen LogP contribution in [0.1, 0.15) is 32.3 Å². The van der Waals surface area contributed by atoms with Crippen molar-refractivity contribution in [3.05, 3.63) is 66.3 Å². The molecule has 0 bridgehead atoms. The highest BCUT2D eigenvalue weighted by molar-refractivity contribution is 8.04. The molecule has 0 radical (unpaired) electrons. The average molecular weight is 363 g/mol. The van der Waals surface area contributed by atoms with E-state index in [9.17, 15) is 15.0 Å². The van der Waals surface area contributed by atoms with Gasteiger partial charge in [-0.25, -0.2) is 0 Å². The van der Waals surface area contributed by atoms with Gasteiger partial charge in [-0.2, -0.15) is 0 Å². The van der Waals surface area contributed by atoms with Crippen LogP contribution in [0.4, 0.5) is 5.69 Å². The molecule has 0 spiro atoms. The van der Waals surface area contributed by atoms with Crippen LogP contribution in [0.25, 0.3) is 5.57 Å². The van der Waals surface area contributed by atoms with Crippen LogP contribution < -0.4 is 4.72 Å². The minimum Gasteiger partial charge on any atom is -0.508 e. The lowest BCUT2D eigenvalue weighted by molar-refractivity contribution is -0.136. The number of hydrogen-bond donors (Lipinski definition) is 4. The molecule has 0 amide bonds. The monoisotopic (exact) mass is 363 g/mol. The summed E-state index contributed by atoms with van der Waals surface area (Å²) in [7, 11) is 0. The van der Waals surface area contributed by atoms with Crippen molar-refractivity contribution in [1.82, 2.24) is 0 Å². The second kappa shape index (κ2) is 11.9. The predicted molar refractivity (Wildman–Crippen MR) is 107 cm³/mol. The van der Waals surface area contributed by atoms with Crippen molar-refractivity contribution >= 4 is 29.2 Å². The van der Waals surface area contributed by atoms with Gasteiger partial charge in [0.25, 0.3) is 0 Å². The van der Waals surface area contributed by atoms with Crippen LogP contribution in [0.3, 0.4) is 0 Å². The maximum absolute atomic E-state index is 10.7. The summed E-state index contributed by atoms with van der Waals surface area (Å²) >= 11 is 1.17. The molecule has 136 valence electrons. The Hall–Kier alpha value is -2.60. The fourth-order valence-corrected chi connectivity index (χ4v) is 2.28. The number of phenolic OH excluding ortho intramolecular Hbond substituents is 1. The Bertz CT molecular complexity index is 665. The number of aliphatic carboxylic acids is 1. The van der Waals surface area contributed by atoms with E-state index in [1.165, 1.54) is 36.2 Å². The summed E-state index contributed by atoms with van der Waals surface area (Å²) in [4.78, 5) is 11.2. The molecule has 0 aliphatic heterocycles. The molecule has 1 aromatic carbocycles. The number of carboxylic acids is 1. The summed E-state index contributed by atoms with van der Waals surface area (Å²) in [6.07, 6.45) is 2.98. The molecule has 0 aliphatic carbocycles. The molecule has 0 aromatic heterocycles. The van der Waals surface area contributed by atoms with Gasteiger partial charge in [-0.3, -0.25) is 4.79 Å². The third-order valence-electron chi connectivity index (χ3n) is 2.83. The number of carbonyl (C=O) groups is 1. The van der Waals surface area contributed by atoms with Crippen LogP contribution in [0.15, 0.2) is 60.8 Å². The topological polar surface area (TPSA) is 89.8 Å². The van der Waals surface area contributed by atoms with Gasteiger partial charge in [-0.1, -0.05) is 33.6 Å². The highest BCUT2D eigenvalue weighted by atomic mass is 32.2. The third kappa shape index (κ3) is 8.72. The molecule has 6 heteroatoms. The van der Waals surface area contributed by atoms with Gasteiger partial charge < -0.3 is 20.0 Å². The first-order chi connectivity index (χ1) is 11.8. The van der Waals surface area contributed by atoms with E-state index >= 15 is 0 Å². The van der Waals surface area contributed by atoms with Gasteiger partial charge in [0.05, 0.1) is 5.69 Å². The quantitative estimate of drug-likeness (QED) is 0.200. The number of rotatable bonds is 9. The summed E-state index contributed by atoms with van der Waals surface area (Å²) in [6, 6.07) is 4.69. The molecule has 0 heterocycles. The van der Waals surface area contributed by atoms with E-state index in [4.69, 9.17) is 5.11 Å². The number of carboxylic acid groups (broad SMARTS) is 1. The number of aliphatic hydroxyl groups is 1. The molecule has 1 rings (SSSR count). The lowest BCUT2D eigenvalue weighted by Gasteiger charge is -2.13. The Labute approximate surface area is 153 Å². The minimum atomic E-state index is -0.909. The van der Waals surface area contributed by atoms with E-state index in [1.807, 2.05) is 13.8 Å². The van der Waals surface area contributed by atoms with Gasteiger partial charge in [0.2, 0.25) is 0 Å². The molecule has 25 heavy (non-hydrogen) atoms. The van der Waals surface area contributed by atoms with Crippen LogP contribution in [-0.2, 0) is 4.79 Å². The molecule has 4 N–H and O–H groups in total. The Morgan fingerprint density at radius 2 is 1.88 bits per heavy atom. The normalized spacial score (nSPS) is 10.2. The number of aromatic hydroxyl groups is 1. The van der Waals surface area contributed by atoms with E-state index in [1.54, 1.807) is 6.07 Å². The van der Waals surface area contributed by atoms with E-state index in [-0.39, 0.29) is 24.4 Å². The molecule has 0 atom stereocenters. The van der Waals surface area contributed by atoms with E-state index < -0.39 is 5.97 Å². The second-order valence-electron chi connectivity index (χ2n) is 4.67. The Morgan fingerprint density at radius 3 is 2.44 bits per heavy atom. The van der Waals surface area contributed by atoms with Crippen molar-refractivity contribution in [2.45, 2.75) is 26.7 Å². The zero-order valence-electron chi connectivity index (χ0n) is 14.6. The fraction of sp³-hybridized carbons (Fsp3) is 0.211. The lowest BCUT2D eigenvalue weighted by Crippen LogP contribution is -1.97. The highest BCUT2D eigenvalue weighted by Gasteiger charge is 2.10. The molecule has 0 unspecified atom stereocenters. The average Bonchev–Trinajstić information content (AvgIpc) is 2.60. The smallest absolute Gasteiger partial charge is 0.303 e. The summed E-state index contributed by atoms with van der Waals surface area (Å²) in [6.45, 7) is 15.1. The first-order valence-electron chi connectivity index (χ1n) is 7.71. The molecule has 0 fully saturated rings. The molecule has 0 saturated carbocycles. The Morgan fingerprint density at radius 1 is 1.24 bits per heavy atom. The maximum Gasteiger partial charge on any atom is 0.303 e. The van der Waals surface area contributed by atoms with Crippen molar-refractivity contribution in [1.29, 1.82) is 0 Å². The molecular weight excluding hydrogens is 338 g/mol. The van der Waals surface area contributed by atoms with Crippen LogP contribution in [-0.4, -0.2) is 21.3 Å². The van der Waals surface area contributed by atoms with Crippen LogP contribution in [0.5, 0.6) is 5.75 Å². The number of phenols is 1. The van der Waals surface area contributed by atoms with Crippen molar-refractivity contribution in [2.24, 2.45) is 0 Å². The number of benzene rings is 1. The van der Waals surface area contributed by atoms with Gasteiger partial charge >= 0.3 is 5.97 Å². The molecular formula is C19H25NO4S. The SMILES string of the molecule is C=C/C(O)=C\C(=C)SNc1ccc(O)cc1C(=C)CCC(=O)O.CC. The third-order valence-corrected chi connectivity index (χ3v) is 3.54. The van der Waals surface area contributed by atoms with Crippen molar-refractivity contribution in [3.8, 4) is 5.75 Å². The zero-order chi connectivity index (χ0) is 19.4. The van der Waals surface area contributed by atoms with Crippen LogP contribution >= 0.6 is 11.9 Å². The Kier molecular flexibility index (Phi) is 10.6. The van der Waals surface area contributed by atoms with E-state index in [2.05, 4.69) is 24.5 Å². The van der Waals surface area contributed by atoms with Crippen LogP contribution in [0, 0.1) is 0 Å². The van der Waals surface area contributed by atoms with Gasteiger partial charge in [-0.05, 0) is 54.3 Å². The fourth-order valence-electron chi connectivity index (χ4n) is 1.68. The first-order valence-corrected chi connectivity index (χ1v) is 8.53. The second-order valence-corrected chi connectivity index (χ2v) is 5.60. The van der Waals surface area contributed by atoms with Crippen molar-refractivity contribution in [3.63, 3.8) is 0 Å². The van der Waals surface area contributed by atoms with E-state index in [0.29, 0.717) is 21.7 Å². The zero-order valence-corrected chi connectivity index (χ0v) is 15.4. The minimum absolute atomic E-state index is 0.00102. The largest absolute Gasteiger partial charge is 0.508 e.